The summed E-state index contributed by atoms with van der Waals surface area (Å²) in [5.41, 5.74) is -0.394. The van der Waals surface area contributed by atoms with Gasteiger partial charge in [-0.15, -0.1) is 0 Å². The number of nitro benzene ring substituents is 1. The van der Waals surface area contributed by atoms with Crippen LogP contribution in [0.3, 0.4) is 0 Å². The maximum atomic E-state index is 13.2. The van der Waals surface area contributed by atoms with Crippen molar-refractivity contribution in [2.75, 3.05) is 0 Å². The Morgan fingerprint density at radius 2 is 1.81 bits per heavy atom. The maximum absolute atomic E-state index is 13.2. The highest BCUT2D eigenvalue weighted by atomic mass is 32.2. The van der Waals surface area contributed by atoms with E-state index in [-0.39, 0.29) is 11.4 Å². The number of nitrogens with zero attached hydrogens (tertiary/aromatic N) is 1. The molecule has 110 valence electrons. The number of halogens is 1. The molecule has 21 heavy (non-hydrogen) atoms. The van der Waals surface area contributed by atoms with Crippen molar-refractivity contribution in [2.45, 2.75) is 11.4 Å². The zero-order valence-corrected chi connectivity index (χ0v) is 11.5. The topological polar surface area (TPSA) is 89.3 Å². The molecule has 0 aliphatic carbocycles. The molecule has 0 spiro atoms. The van der Waals surface area contributed by atoms with Crippen LogP contribution in [0.1, 0.15) is 5.56 Å². The molecular formula is C13H11FN2O4S. The van der Waals surface area contributed by atoms with Gasteiger partial charge in [-0.05, 0) is 23.8 Å². The summed E-state index contributed by atoms with van der Waals surface area (Å²) in [4.78, 5) is 9.85. The van der Waals surface area contributed by atoms with Crippen LogP contribution in [0.15, 0.2) is 53.4 Å². The van der Waals surface area contributed by atoms with Crippen molar-refractivity contribution < 1.29 is 17.7 Å². The minimum Gasteiger partial charge on any atom is -0.258 e. The molecule has 0 bridgehead atoms. The van der Waals surface area contributed by atoms with Crippen molar-refractivity contribution in [1.29, 1.82) is 0 Å². The SMILES string of the molecule is O=[N+]([O-])c1cc(CNS(=O)(=O)c2ccccc2)ccc1F. The monoisotopic (exact) mass is 310 g/mol. The van der Waals surface area contributed by atoms with E-state index in [1.165, 1.54) is 18.2 Å². The number of nitro groups is 1. The van der Waals surface area contributed by atoms with Gasteiger partial charge in [0.2, 0.25) is 15.8 Å². The van der Waals surface area contributed by atoms with E-state index in [4.69, 9.17) is 0 Å². The lowest BCUT2D eigenvalue weighted by atomic mass is 10.2. The Hall–Kier alpha value is -2.32. The third-order valence-electron chi connectivity index (χ3n) is 2.73. The minimum absolute atomic E-state index is 0.0848. The van der Waals surface area contributed by atoms with Crippen molar-refractivity contribution in [3.63, 3.8) is 0 Å². The fourth-order valence-corrected chi connectivity index (χ4v) is 2.71. The summed E-state index contributed by atoms with van der Waals surface area (Å²) < 4.78 is 39.4. The number of rotatable bonds is 5. The zero-order chi connectivity index (χ0) is 15.5. The molecule has 2 aromatic carbocycles. The van der Waals surface area contributed by atoms with Crippen LogP contribution in [0.4, 0.5) is 10.1 Å². The molecule has 0 aromatic heterocycles. The Labute approximate surface area is 120 Å². The molecule has 2 aromatic rings. The normalized spacial score (nSPS) is 11.3. The molecule has 0 radical (unpaired) electrons. The number of benzene rings is 2. The van der Waals surface area contributed by atoms with Gasteiger partial charge in [0.05, 0.1) is 9.82 Å². The standard InChI is InChI=1S/C13H11FN2O4S/c14-12-7-6-10(8-13(12)16(17)18)9-15-21(19,20)11-4-2-1-3-5-11/h1-8,15H,9H2. The Balaban J connectivity index is 2.17. The van der Waals surface area contributed by atoms with Crippen molar-refractivity contribution in [3.8, 4) is 0 Å². The van der Waals surface area contributed by atoms with Gasteiger partial charge in [0.1, 0.15) is 0 Å². The Bertz CT molecular complexity index is 763. The largest absolute Gasteiger partial charge is 0.305 e. The fourth-order valence-electron chi connectivity index (χ4n) is 1.67. The summed E-state index contributed by atoms with van der Waals surface area (Å²) in [6.07, 6.45) is 0. The van der Waals surface area contributed by atoms with Gasteiger partial charge in [-0.1, -0.05) is 24.3 Å². The predicted molar refractivity (Wildman–Crippen MR) is 73.5 cm³/mol. The van der Waals surface area contributed by atoms with Crippen LogP contribution in [0, 0.1) is 15.9 Å². The molecule has 8 heteroatoms. The van der Waals surface area contributed by atoms with Crippen molar-refractivity contribution in [2.24, 2.45) is 0 Å². The lowest BCUT2D eigenvalue weighted by Gasteiger charge is -2.07. The van der Waals surface area contributed by atoms with Gasteiger partial charge >= 0.3 is 5.69 Å². The number of nitrogens with one attached hydrogen (secondary N) is 1. The highest BCUT2D eigenvalue weighted by Gasteiger charge is 2.16. The molecule has 0 saturated heterocycles. The molecule has 0 heterocycles. The van der Waals surface area contributed by atoms with Gasteiger partial charge < -0.3 is 0 Å². The first-order valence-electron chi connectivity index (χ1n) is 5.88. The lowest BCUT2D eigenvalue weighted by Crippen LogP contribution is -2.23. The van der Waals surface area contributed by atoms with Crippen molar-refractivity contribution in [1.82, 2.24) is 4.72 Å². The third-order valence-corrected chi connectivity index (χ3v) is 4.14. The van der Waals surface area contributed by atoms with Crippen LogP contribution in [0.5, 0.6) is 0 Å². The van der Waals surface area contributed by atoms with Crippen molar-refractivity contribution in [3.05, 3.63) is 70.0 Å². The average molecular weight is 310 g/mol. The fraction of sp³-hybridized carbons (Fsp3) is 0.0769. The highest BCUT2D eigenvalue weighted by molar-refractivity contribution is 7.89. The van der Waals surface area contributed by atoms with Crippen LogP contribution in [-0.2, 0) is 16.6 Å². The second-order valence-electron chi connectivity index (χ2n) is 4.18. The minimum atomic E-state index is -3.72. The highest BCUT2D eigenvalue weighted by Crippen LogP contribution is 2.19. The molecule has 0 amide bonds. The van der Waals surface area contributed by atoms with E-state index in [0.29, 0.717) is 5.56 Å². The molecule has 1 N–H and O–H groups in total. The first-order valence-corrected chi connectivity index (χ1v) is 7.36. The van der Waals surface area contributed by atoms with Gasteiger partial charge in [-0.25, -0.2) is 13.1 Å². The van der Waals surface area contributed by atoms with Crippen LogP contribution in [0.2, 0.25) is 0 Å². The molecule has 0 atom stereocenters. The Kier molecular flexibility index (Phi) is 4.29. The molecule has 2 rings (SSSR count). The summed E-state index contributed by atoms with van der Waals surface area (Å²) >= 11 is 0. The van der Waals surface area contributed by atoms with E-state index in [0.717, 1.165) is 12.1 Å². The molecule has 0 fully saturated rings. The smallest absolute Gasteiger partial charge is 0.258 e. The average Bonchev–Trinajstić information content (AvgIpc) is 2.47. The first kappa shape index (κ1) is 15.1. The lowest BCUT2D eigenvalue weighted by molar-refractivity contribution is -0.387. The van der Waals surface area contributed by atoms with E-state index in [1.54, 1.807) is 18.2 Å². The van der Waals surface area contributed by atoms with E-state index >= 15 is 0 Å². The van der Waals surface area contributed by atoms with Crippen LogP contribution in [0.25, 0.3) is 0 Å². The van der Waals surface area contributed by atoms with E-state index < -0.39 is 26.5 Å². The molecule has 6 nitrogen and oxygen atoms in total. The predicted octanol–water partition coefficient (Wildman–Crippen LogP) is 2.21. The summed E-state index contributed by atoms with van der Waals surface area (Å²) in [5, 5.41) is 10.6. The van der Waals surface area contributed by atoms with Gasteiger partial charge in [-0.3, -0.25) is 10.1 Å². The summed E-state index contributed by atoms with van der Waals surface area (Å²) in [7, 11) is -3.72. The molecule has 0 aliphatic rings. The molecule has 0 unspecified atom stereocenters. The van der Waals surface area contributed by atoms with Gasteiger partial charge in [0, 0.05) is 12.6 Å². The number of hydrogen-bond donors (Lipinski definition) is 1. The maximum Gasteiger partial charge on any atom is 0.305 e. The quantitative estimate of drug-likeness (QED) is 0.677. The second-order valence-corrected chi connectivity index (χ2v) is 5.95. The van der Waals surface area contributed by atoms with E-state index in [1.807, 2.05) is 0 Å². The molecular weight excluding hydrogens is 299 g/mol. The number of sulfonamides is 1. The summed E-state index contributed by atoms with van der Waals surface area (Å²) in [5.74, 6) is -0.963. The first-order chi connectivity index (χ1) is 9.90. The zero-order valence-electron chi connectivity index (χ0n) is 10.7. The van der Waals surface area contributed by atoms with Gasteiger partial charge in [0.25, 0.3) is 0 Å². The summed E-state index contributed by atoms with van der Waals surface area (Å²) in [6, 6.07) is 10.9. The number of hydrogen-bond acceptors (Lipinski definition) is 4. The second kappa shape index (κ2) is 5.98. The van der Waals surface area contributed by atoms with Crippen LogP contribution >= 0.6 is 0 Å². The molecule has 0 saturated carbocycles. The Morgan fingerprint density at radius 1 is 1.14 bits per heavy atom. The summed E-state index contributed by atoms with van der Waals surface area (Å²) in [6.45, 7) is -0.168. The van der Waals surface area contributed by atoms with Crippen LogP contribution < -0.4 is 4.72 Å². The van der Waals surface area contributed by atoms with E-state index in [2.05, 4.69) is 4.72 Å². The molecule has 0 aliphatic heterocycles. The van der Waals surface area contributed by atoms with Gasteiger partial charge in [-0.2, -0.15) is 4.39 Å². The van der Waals surface area contributed by atoms with Gasteiger partial charge in [0.15, 0.2) is 0 Å². The Morgan fingerprint density at radius 3 is 2.43 bits per heavy atom. The van der Waals surface area contributed by atoms with E-state index in [9.17, 15) is 22.9 Å². The third kappa shape index (κ3) is 3.61. The van der Waals surface area contributed by atoms with Crippen molar-refractivity contribution >= 4 is 15.7 Å². The van der Waals surface area contributed by atoms with Crippen LogP contribution in [-0.4, -0.2) is 13.3 Å².